The van der Waals surface area contributed by atoms with E-state index in [4.69, 9.17) is 20.0 Å². The van der Waals surface area contributed by atoms with Crippen molar-refractivity contribution < 1.29 is 14.3 Å². The predicted molar refractivity (Wildman–Crippen MR) is 97.9 cm³/mol. The molecule has 2 rings (SSSR count). The average molecular weight is 346 g/mol. The molecule has 2 aromatic rings. The molecule has 0 aromatic heterocycles. The molecule has 0 fully saturated rings. The zero-order valence-electron chi connectivity index (χ0n) is 14.4. The molecule has 0 saturated heterocycles. The summed E-state index contributed by atoms with van der Waals surface area (Å²) in [5.74, 6) is 1.01. The highest BCUT2D eigenvalue weighted by Gasteiger charge is 2.06. The number of allylic oxidation sites excluding steroid dienone is 1. The Balaban J connectivity index is 2.09. The van der Waals surface area contributed by atoms with Crippen LogP contribution < -0.4 is 9.47 Å². The third-order valence-electron chi connectivity index (χ3n) is 3.60. The number of carbonyl (C=O) groups excluding carboxylic acids is 1. The molecule has 0 atom stereocenters. The van der Waals surface area contributed by atoms with Crippen molar-refractivity contribution in [3.63, 3.8) is 0 Å². The Hall–Kier alpha value is -3.57. The minimum atomic E-state index is -0.151. The van der Waals surface area contributed by atoms with E-state index in [1.165, 1.54) is 6.08 Å². The summed E-state index contributed by atoms with van der Waals surface area (Å²) in [4.78, 5) is 12.2. The fraction of sp³-hybridized carbons (Fsp3) is 0.190. The molecule has 0 amide bonds. The van der Waals surface area contributed by atoms with E-state index in [1.807, 2.05) is 12.1 Å². The normalized spacial score (nSPS) is 10.1. The highest BCUT2D eigenvalue weighted by Crippen LogP contribution is 2.28. The Kier molecular flexibility index (Phi) is 6.97. The lowest BCUT2D eigenvalue weighted by atomic mass is 10.1. The number of hydrogen-bond acceptors (Lipinski definition) is 5. The van der Waals surface area contributed by atoms with E-state index in [2.05, 4.69) is 6.07 Å². The molecule has 0 aliphatic rings. The van der Waals surface area contributed by atoms with Crippen molar-refractivity contribution in [1.82, 2.24) is 0 Å². The minimum absolute atomic E-state index is 0.151. The van der Waals surface area contributed by atoms with E-state index in [0.29, 0.717) is 42.1 Å². The van der Waals surface area contributed by atoms with Gasteiger partial charge in [0.2, 0.25) is 0 Å². The second-order valence-corrected chi connectivity index (χ2v) is 5.41. The van der Waals surface area contributed by atoms with Gasteiger partial charge in [-0.3, -0.25) is 4.79 Å². The molecular weight excluding hydrogens is 328 g/mol. The van der Waals surface area contributed by atoms with Crippen LogP contribution in [0.5, 0.6) is 11.5 Å². The highest BCUT2D eigenvalue weighted by atomic mass is 16.5. The summed E-state index contributed by atoms with van der Waals surface area (Å²) in [6.07, 6.45) is 4.24. The maximum Gasteiger partial charge on any atom is 0.185 e. The van der Waals surface area contributed by atoms with Gasteiger partial charge in [-0.1, -0.05) is 12.1 Å². The van der Waals surface area contributed by atoms with E-state index in [0.717, 1.165) is 5.56 Å². The third kappa shape index (κ3) is 5.22. The summed E-state index contributed by atoms with van der Waals surface area (Å²) in [5.41, 5.74) is 1.82. The van der Waals surface area contributed by atoms with Crippen molar-refractivity contribution in [3.8, 4) is 23.6 Å². The number of hydrogen-bond donors (Lipinski definition) is 0. The Labute approximate surface area is 152 Å². The Morgan fingerprint density at radius 2 is 1.88 bits per heavy atom. The van der Waals surface area contributed by atoms with Gasteiger partial charge in [0.15, 0.2) is 17.3 Å². The van der Waals surface area contributed by atoms with Gasteiger partial charge in [0.05, 0.1) is 31.4 Å². The van der Waals surface area contributed by atoms with Crippen LogP contribution in [0.15, 0.2) is 48.5 Å². The zero-order valence-corrected chi connectivity index (χ0v) is 14.4. The molecular formula is C21H18N2O3. The van der Waals surface area contributed by atoms with Gasteiger partial charge in [-0.2, -0.15) is 10.5 Å². The summed E-state index contributed by atoms with van der Waals surface area (Å²) in [6, 6.07) is 16.0. The smallest absolute Gasteiger partial charge is 0.185 e. The van der Waals surface area contributed by atoms with Crippen molar-refractivity contribution in [2.45, 2.75) is 12.8 Å². The number of nitrogens with zero attached hydrogens (tertiary/aromatic N) is 2. The van der Waals surface area contributed by atoms with Crippen molar-refractivity contribution in [2.75, 3.05) is 13.7 Å². The number of benzene rings is 2. The molecule has 5 nitrogen and oxygen atoms in total. The molecule has 0 heterocycles. The quantitative estimate of drug-likeness (QED) is 0.407. The number of ether oxygens (including phenoxy) is 2. The lowest BCUT2D eigenvalue weighted by Gasteiger charge is -2.10. The summed E-state index contributed by atoms with van der Waals surface area (Å²) < 4.78 is 10.9. The SMILES string of the molecule is COc1ccc(/C=C/C(=O)c2ccc(C#N)cc2)cc1OCCCC#N. The maximum absolute atomic E-state index is 12.2. The molecule has 130 valence electrons. The summed E-state index contributed by atoms with van der Waals surface area (Å²) >= 11 is 0. The third-order valence-corrected chi connectivity index (χ3v) is 3.60. The van der Waals surface area contributed by atoms with Crippen molar-refractivity contribution >= 4 is 11.9 Å². The van der Waals surface area contributed by atoms with Crippen LogP contribution >= 0.6 is 0 Å². The number of rotatable bonds is 8. The van der Waals surface area contributed by atoms with Gasteiger partial charge in [0.25, 0.3) is 0 Å². The molecule has 26 heavy (non-hydrogen) atoms. The lowest BCUT2D eigenvalue weighted by Crippen LogP contribution is -1.99. The summed E-state index contributed by atoms with van der Waals surface area (Å²) in [5, 5.41) is 17.4. The van der Waals surface area contributed by atoms with Crippen molar-refractivity contribution in [1.29, 1.82) is 10.5 Å². The lowest BCUT2D eigenvalue weighted by molar-refractivity contribution is 0.104. The second kappa shape index (κ2) is 9.66. The van der Waals surface area contributed by atoms with Gasteiger partial charge in [0, 0.05) is 12.0 Å². The van der Waals surface area contributed by atoms with Crippen LogP contribution in [0, 0.1) is 22.7 Å². The van der Waals surface area contributed by atoms with E-state index in [-0.39, 0.29) is 5.78 Å². The molecule has 0 saturated carbocycles. The Bertz CT molecular complexity index is 872. The van der Waals surface area contributed by atoms with Crippen LogP contribution in [0.4, 0.5) is 0 Å². The van der Waals surface area contributed by atoms with Crippen LogP contribution in [0.1, 0.15) is 34.3 Å². The molecule has 0 aliphatic heterocycles. The second-order valence-electron chi connectivity index (χ2n) is 5.41. The standard InChI is InChI=1S/C21H18N2O3/c1-25-20-11-7-16(14-21(20)26-13-3-2-12-22)6-10-19(24)18-8-4-17(15-23)5-9-18/h4-11,14H,2-3,13H2,1H3/b10-6+. The monoisotopic (exact) mass is 346 g/mol. The first kappa shape index (κ1) is 18.8. The van der Waals surface area contributed by atoms with E-state index >= 15 is 0 Å². The molecule has 0 spiro atoms. The van der Waals surface area contributed by atoms with E-state index < -0.39 is 0 Å². The molecule has 5 heteroatoms. The Morgan fingerprint density at radius 3 is 2.54 bits per heavy atom. The van der Waals surface area contributed by atoms with E-state index in [9.17, 15) is 4.79 Å². The molecule has 0 radical (unpaired) electrons. The van der Waals surface area contributed by atoms with Crippen molar-refractivity contribution in [2.24, 2.45) is 0 Å². The first-order valence-corrected chi connectivity index (χ1v) is 8.08. The van der Waals surface area contributed by atoms with E-state index in [1.54, 1.807) is 49.6 Å². The number of carbonyl (C=O) groups is 1. The largest absolute Gasteiger partial charge is 0.493 e. The first-order valence-electron chi connectivity index (χ1n) is 8.08. The van der Waals surface area contributed by atoms with Crippen LogP contribution in [0.3, 0.4) is 0 Å². The van der Waals surface area contributed by atoms with Gasteiger partial charge in [-0.25, -0.2) is 0 Å². The highest BCUT2D eigenvalue weighted by molar-refractivity contribution is 6.06. The molecule has 0 unspecified atom stereocenters. The predicted octanol–water partition coefficient (Wildman–Crippen LogP) is 4.15. The first-order chi connectivity index (χ1) is 12.7. The van der Waals surface area contributed by atoms with Crippen LogP contribution in [-0.4, -0.2) is 19.5 Å². The number of methoxy groups -OCH3 is 1. The molecule has 0 N–H and O–H groups in total. The fourth-order valence-corrected chi connectivity index (χ4v) is 2.22. The summed E-state index contributed by atoms with van der Waals surface area (Å²) in [7, 11) is 1.56. The van der Waals surface area contributed by atoms with Gasteiger partial charge >= 0.3 is 0 Å². The van der Waals surface area contributed by atoms with Crippen LogP contribution in [0.2, 0.25) is 0 Å². The topological polar surface area (TPSA) is 83.1 Å². The van der Waals surface area contributed by atoms with Gasteiger partial charge < -0.3 is 9.47 Å². The number of nitriles is 2. The molecule has 2 aromatic carbocycles. The van der Waals surface area contributed by atoms with Crippen LogP contribution in [0.25, 0.3) is 6.08 Å². The number of unbranched alkanes of at least 4 members (excludes halogenated alkanes) is 1. The van der Waals surface area contributed by atoms with Gasteiger partial charge in [-0.05, 0) is 54.5 Å². The summed E-state index contributed by atoms with van der Waals surface area (Å²) in [6.45, 7) is 0.418. The van der Waals surface area contributed by atoms with Gasteiger partial charge in [-0.15, -0.1) is 0 Å². The van der Waals surface area contributed by atoms with Crippen molar-refractivity contribution in [3.05, 3.63) is 65.2 Å². The fourth-order valence-electron chi connectivity index (χ4n) is 2.22. The average Bonchev–Trinajstić information content (AvgIpc) is 2.69. The molecule has 0 bridgehead atoms. The van der Waals surface area contributed by atoms with Crippen LogP contribution in [-0.2, 0) is 0 Å². The Morgan fingerprint density at radius 1 is 1.12 bits per heavy atom. The zero-order chi connectivity index (χ0) is 18.8. The number of ketones is 1. The molecule has 0 aliphatic carbocycles. The minimum Gasteiger partial charge on any atom is -0.493 e. The van der Waals surface area contributed by atoms with Gasteiger partial charge in [0.1, 0.15) is 0 Å². The maximum atomic E-state index is 12.2.